The molecule has 0 aliphatic rings. The first-order chi connectivity index (χ1) is 19.7. The maximum atomic E-state index is 13.3. The van der Waals surface area contributed by atoms with Gasteiger partial charge in [-0.2, -0.15) is 4.79 Å². The molecule has 0 N–H and O–H groups in total. The van der Waals surface area contributed by atoms with Crippen LogP contribution >= 0.6 is 0 Å². The van der Waals surface area contributed by atoms with Crippen molar-refractivity contribution in [2.24, 2.45) is 0 Å². The number of Topliss-reactive ketones (excluding diaryl/α,β-unsaturated/α-hetero) is 1. The summed E-state index contributed by atoms with van der Waals surface area (Å²) in [6, 6.07) is 30.0. The van der Waals surface area contributed by atoms with Crippen LogP contribution in [0.25, 0.3) is 5.53 Å². The van der Waals surface area contributed by atoms with E-state index in [9.17, 15) is 15.1 Å². The quantitative estimate of drug-likeness (QED) is 0.0401. The van der Waals surface area contributed by atoms with Crippen LogP contribution in [-0.4, -0.2) is 49.9 Å². The van der Waals surface area contributed by atoms with Crippen molar-refractivity contribution in [3.63, 3.8) is 0 Å². The average Bonchev–Trinajstić information content (AvgIpc) is 2.97. The van der Waals surface area contributed by atoms with Gasteiger partial charge in [0.05, 0.1) is 25.9 Å². The van der Waals surface area contributed by atoms with Gasteiger partial charge in [0.15, 0.2) is 0 Å². The van der Waals surface area contributed by atoms with Crippen molar-refractivity contribution in [2.45, 2.75) is 51.9 Å². The number of carbonyl (C=O) groups is 2. The lowest BCUT2D eigenvalue weighted by Gasteiger charge is -2.44. The molecule has 0 aliphatic carbocycles. The Morgan fingerprint density at radius 3 is 1.93 bits per heavy atom. The van der Waals surface area contributed by atoms with Gasteiger partial charge in [0.25, 0.3) is 14.1 Å². The molecule has 0 aromatic heterocycles. The van der Waals surface area contributed by atoms with Gasteiger partial charge >= 0.3 is 11.7 Å². The van der Waals surface area contributed by atoms with E-state index in [4.69, 9.17) is 13.9 Å². The van der Waals surface area contributed by atoms with Crippen molar-refractivity contribution < 1.29 is 28.3 Å². The molecule has 0 saturated heterocycles. The van der Waals surface area contributed by atoms with Crippen molar-refractivity contribution in [3.05, 3.63) is 114 Å². The minimum absolute atomic E-state index is 0.0474. The molecule has 1 atom stereocenters. The number of carbonyl (C=O) groups excluding carboxylic acids is 2. The van der Waals surface area contributed by atoms with Crippen molar-refractivity contribution >= 4 is 36.2 Å². The number of rotatable bonds is 14. The zero-order chi connectivity index (χ0) is 29.7. The molecular weight excluding hydrogens is 532 g/mol. The Kier molecular flexibility index (Phi) is 11.7. The molecule has 0 spiro atoms. The summed E-state index contributed by atoms with van der Waals surface area (Å²) < 4.78 is 17.9. The van der Waals surface area contributed by atoms with Crippen LogP contribution in [0.15, 0.2) is 103 Å². The highest BCUT2D eigenvalue weighted by Crippen LogP contribution is 2.38. The number of nitrogens with zero attached hydrogens (tertiary/aromatic N) is 2. The number of benzene rings is 3. The molecule has 0 saturated carbocycles. The Bertz CT molecular complexity index is 1310. The third kappa shape index (κ3) is 8.28. The zero-order valence-electron chi connectivity index (χ0n) is 24.2. The lowest BCUT2D eigenvalue weighted by atomic mass is 10.1. The number of ether oxygens (including phenoxy) is 2. The van der Waals surface area contributed by atoms with Gasteiger partial charge in [-0.3, -0.25) is 4.79 Å². The highest BCUT2D eigenvalue weighted by atomic mass is 28.4. The van der Waals surface area contributed by atoms with Crippen molar-refractivity contribution in [1.29, 1.82) is 0 Å². The van der Waals surface area contributed by atoms with Crippen LogP contribution in [-0.2, 0) is 30.1 Å². The SMILES string of the molecule is CCOC(=O)C(=[N+]=[N-])C(=O)C[C@@H](/C=C/COCc1ccccc1)O[Si](c1ccccc1)(c1ccccc1)C(C)(C)C. The third-order valence-electron chi connectivity index (χ3n) is 6.64. The molecule has 8 heteroatoms. The molecular formula is C33H38N2O5Si. The second kappa shape index (κ2) is 15.2. The number of hydrogen-bond donors (Lipinski definition) is 0. The van der Waals surface area contributed by atoms with Crippen LogP contribution in [0.4, 0.5) is 0 Å². The van der Waals surface area contributed by atoms with E-state index in [0.717, 1.165) is 15.9 Å². The van der Waals surface area contributed by atoms with Gasteiger partial charge in [0, 0.05) is 6.42 Å². The average molecular weight is 571 g/mol. The maximum Gasteiger partial charge on any atom is 0.441 e. The lowest BCUT2D eigenvalue weighted by molar-refractivity contribution is -0.141. The van der Waals surface area contributed by atoms with E-state index in [-0.39, 0.29) is 18.1 Å². The zero-order valence-corrected chi connectivity index (χ0v) is 25.2. The Hall–Kier alpha value is -3.94. The Labute approximate surface area is 243 Å². The first-order valence-electron chi connectivity index (χ1n) is 13.7. The summed E-state index contributed by atoms with van der Waals surface area (Å²) in [7, 11) is -3.05. The van der Waals surface area contributed by atoms with Gasteiger partial charge < -0.3 is 19.4 Å². The standard InChI is InChI=1S/C33H38N2O5Si/c1-5-39-32(37)31(35-34)30(36)24-27(18-15-23-38-25-26-16-9-6-10-17-26)40-41(33(2,3)4,28-19-11-7-12-20-28)29-21-13-8-14-22-29/h6-22,27H,5,23-25H2,1-4H3/b18-15+/t27-/m1/s1. The number of hydrogen-bond acceptors (Lipinski definition) is 5. The molecule has 41 heavy (non-hydrogen) atoms. The van der Waals surface area contributed by atoms with Gasteiger partial charge in [0.1, 0.15) is 0 Å². The number of ketones is 1. The first kappa shape index (κ1) is 31.6. The van der Waals surface area contributed by atoms with Crippen LogP contribution in [0.2, 0.25) is 5.04 Å². The minimum atomic E-state index is -3.05. The van der Waals surface area contributed by atoms with Gasteiger partial charge in [-0.15, -0.1) is 0 Å². The van der Waals surface area contributed by atoms with Crippen molar-refractivity contribution in [2.75, 3.05) is 13.2 Å². The number of esters is 1. The molecule has 0 bridgehead atoms. The molecule has 3 aromatic carbocycles. The second-order valence-corrected chi connectivity index (χ2v) is 14.8. The normalized spacial score (nSPS) is 12.5. The topological polar surface area (TPSA) is 98.2 Å². The van der Waals surface area contributed by atoms with Crippen LogP contribution < -0.4 is 10.4 Å². The van der Waals surface area contributed by atoms with Crippen molar-refractivity contribution in [3.8, 4) is 0 Å². The molecule has 0 radical (unpaired) electrons. The fraction of sp³-hybridized carbons (Fsp3) is 0.303. The molecule has 3 rings (SSSR count). The van der Waals surface area contributed by atoms with Crippen LogP contribution in [0.5, 0.6) is 0 Å². The summed E-state index contributed by atoms with van der Waals surface area (Å²) in [5, 5.41) is 1.75. The van der Waals surface area contributed by atoms with Gasteiger partial charge in [0.2, 0.25) is 0 Å². The highest BCUT2D eigenvalue weighted by molar-refractivity contribution is 6.99. The Balaban J connectivity index is 2.00. The summed E-state index contributed by atoms with van der Waals surface area (Å²) in [4.78, 5) is 28.5. The lowest BCUT2D eigenvalue weighted by Crippen LogP contribution is -2.67. The molecule has 0 aliphatic heterocycles. The summed E-state index contributed by atoms with van der Waals surface area (Å²) in [5.74, 6) is -1.65. The Morgan fingerprint density at radius 2 is 1.44 bits per heavy atom. The molecule has 3 aromatic rings. The van der Waals surface area contributed by atoms with E-state index < -0.39 is 31.9 Å². The smallest absolute Gasteiger partial charge is 0.441 e. The molecule has 0 unspecified atom stereocenters. The molecule has 7 nitrogen and oxygen atoms in total. The predicted molar refractivity (Wildman–Crippen MR) is 163 cm³/mol. The molecule has 0 amide bonds. The highest BCUT2D eigenvalue weighted by Gasteiger charge is 2.51. The fourth-order valence-corrected chi connectivity index (χ4v) is 9.41. The molecule has 0 heterocycles. The fourth-order valence-electron chi connectivity index (χ4n) is 4.78. The van der Waals surface area contributed by atoms with Crippen LogP contribution in [0.3, 0.4) is 0 Å². The minimum Gasteiger partial charge on any atom is -0.457 e. The summed E-state index contributed by atoms with van der Waals surface area (Å²) in [5.41, 5.74) is 9.87. The predicted octanol–water partition coefficient (Wildman–Crippen LogP) is 4.90. The summed E-state index contributed by atoms with van der Waals surface area (Å²) >= 11 is 0. The second-order valence-electron chi connectivity index (χ2n) is 10.5. The van der Waals surface area contributed by atoms with E-state index in [2.05, 4.69) is 49.8 Å². The summed E-state index contributed by atoms with van der Waals surface area (Å²) in [6.45, 7) is 8.82. The molecule has 214 valence electrons. The largest absolute Gasteiger partial charge is 0.457 e. The van der Waals surface area contributed by atoms with Gasteiger partial charge in [-0.25, -0.2) is 4.79 Å². The van der Waals surface area contributed by atoms with Gasteiger partial charge in [-0.1, -0.05) is 124 Å². The maximum absolute atomic E-state index is 13.3. The summed E-state index contributed by atoms with van der Waals surface area (Å²) in [6.07, 6.45) is 2.64. The van der Waals surface area contributed by atoms with Crippen molar-refractivity contribution in [1.82, 2.24) is 0 Å². The monoisotopic (exact) mass is 570 g/mol. The van der Waals surface area contributed by atoms with Gasteiger partial charge in [-0.05, 0) is 27.9 Å². The van der Waals surface area contributed by atoms with E-state index in [1.54, 1.807) is 13.0 Å². The first-order valence-corrected chi connectivity index (χ1v) is 15.6. The van der Waals surface area contributed by atoms with Crippen LogP contribution in [0, 0.1) is 0 Å². The van der Waals surface area contributed by atoms with E-state index >= 15 is 0 Å². The van der Waals surface area contributed by atoms with E-state index in [1.165, 1.54) is 0 Å². The van der Waals surface area contributed by atoms with E-state index in [1.807, 2.05) is 72.8 Å². The van der Waals surface area contributed by atoms with E-state index in [0.29, 0.717) is 13.2 Å². The van der Waals surface area contributed by atoms with Crippen LogP contribution in [0.1, 0.15) is 39.7 Å². The Morgan fingerprint density at radius 1 is 0.902 bits per heavy atom. The molecule has 0 fully saturated rings. The third-order valence-corrected chi connectivity index (χ3v) is 11.7.